The van der Waals surface area contributed by atoms with Crippen molar-refractivity contribution < 1.29 is 18.7 Å². The van der Waals surface area contributed by atoms with E-state index in [0.717, 1.165) is 19.5 Å². The van der Waals surface area contributed by atoms with Gasteiger partial charge in [-0.3, -0.25) is 9.69 Å². The fraction of sp³-hybridized carbons (Fsp3) is 0.875. The lowest BCUT2D eigenvalue weighted by atomic mass is 9.98. The third kappa shape index (κ3) is 5.34. The molecule has 23 heavy (non-hydrogen) atoms. The first-order valence-corrected chi connectivity index (χ1v) is 8.39. The van der Waals surface area contributed by atoms with Gasteiger partial charge in [0.25, 0.3) is 0 Å². The summed E-state index contributed by atoms with van der Waals surface area (Å²) in [6.45, 7) is 8.23. The van der Waals surface area contributed by atoms with Crippen LogP contribution < -0.4 is 5.32 Å². The standard InChI is InChI=1S/C16H28FN3O3/c1-16(2,3)23-15(22)18-7-5-14(21)20-10-6-13(12(17)11-20)19-8-4-9-19/h12-13H,4-11H2,1-3H3,(H,18,22). The molecule has 0 aromatic carbocycles. The lowest BCUT2D eigenvalue weighted by Gasteiger charge is -2.44. The van der Waals surface area contributed by atoms with Crippen LogP contribution in [-0.2, 0) is 9.53 Å². The Balaban J connectivity index is 1.67. The quantitative estimate of drug-likeness (QED) is 0.850. The van der Waals surface area contributed by atoms with Gasteiger partial charge in [0.05, 0.1) is 6.54 Å². The molecule has 2 atom stereocenters. The number of alkyl halides is 1. The third-order valence-electron chi connectivity index (χ3n) is 4.23. The van der Waals surface area contributed by atoms with E-state index in [4.69, 9.17) is 4.74 Å². The van der Waals surface area contributed by atoms with Gasteiger partial charge in [0.2, 0.25) is 5.91 Å². The lowest BCUT2D eigenvalue weighted by Crippen LogP contribution is -2.57. The molecule has 1 N–H and O–H groups in total. The van der Waals surface area contributed by atoms with Crippen LogP contribution >= 0.6 is 0 Å². The van der Waals surface area contributed by atoms with Crippen LogP contribution in [-0.4, -0.2) is 72.3 Å². The summed E-state index contributed by atoms with van der Waals surface area (Å²) in [5.74, 6) is -0.120. The van der Waals surface area contributed by atoms with Gasteiger partial charge in [-0.2, -0.15) is 0 Å². The van der Waals surface area contributed by atoms with Crippen LogP contribution in [0.25, 0.3) is 0 Å². The Morgan fingerprint density at radius 2 is 1.96 bits per heavy atom. The number of nitrogens with zero attached hydrogens (tertiary/aromatic N) is 2. The Kier molecular flexibility index (Phi) is 5.84. The van der Waals surface area contributed by atoms with E-state index in [1.54, 1.807) is 25.7 Å². The molecular formula is C16H28FN3O3. The molecule has 2 heterocycles. The highest BCUT2D eigenvalue weighted by Gasteiger charge is 2.36. The van der Waals surface area contributed by atoms with Crippen LogP contribution in [0.15, 0.2) is 0 Å². The second-order valence-electron chi connectivity index (χ2n) is 7.28. The zero-order valence-electron chi connectivity index (χ0n) is 14.3. The van der Waals surface area contributed by atoms with Crippen molar-refractivity contribution in [1.29, 1.82) is 0 Å². The van der Waals surface area contributed by atoms with Gasteiger partial charge in [-0.05, 0) is 46.7 Å². The van der Waals surface area contributed by atoms with Gasteiger partial charge in [-0.15, -0.1) is 0 Å². The van der Waals surface area contributed by atoms with E-state index in [9.17, 15) is 14.0 Å². The summed E-state index contributed by atoms with van der Waals surface area (Å²) in [4.78, 5) is 27.4. The number of likely N-dealkylation sites (tertiary alicyclic amines) is 2. The zero-order chi connectivity index (χ0) is 17.0. The molecule has 0 saturated carbocycles. The minimum absolute atomic E-state index is 0.0345. The van der Waals surface area contributed by atoms with Gasteiger partial charge < -0.3 is 15.0 Å². The van der Waals surface area contributed by atoms with Crippen molar-refractivity contribution >= 4 is 12.0 Å². The van der Waals surface area contributed by atoms with E-state index in [-0.39, 0.29) is 31.5 Å². The zero-order valence-corrected chi connectivity index (χ0v) is 14.3. The van der Waals surface area contributed by atoms with Crippen molar-refractivity contribution in [2.75, 3.05) is 32.7 Å². The number of amides is 2. The Hall–Kier alpha value is -1.37. The third-order valence-corrected chi connectivity index (χ3v) is 4.23. The van der Waals surface area contributed by atoms with Crippen molar-refractivity contribution in [3.63, 3.8) is 0 Å². The molecule has 0 aromatic rings. The number of carbonyl (C=O) groups is 2. The molecule has 2 aliphatic rings. The lowest BCUT2D eigenvalue weighted by molar-refractivity contribution is -0.135. The first-order valence-electron chi connectivity index (χ1n) is 8.39. The highest BCUT2D eigenvalue weighted by molar-refractivity contribution is 5.77. The number of nitrogens with one attached hydrogen (secondary N) is 1. The highest BCUT2D eigenvalue weighted by atomic mass is 19.1. The van der Waals surface area contributed by atoms with E-state index in [1.165, 1.54) is 0 Å². The topological polar surface area (TPSA) is 61.9 Å². The summed E-state index contributed by atoms with van der Waals surface area (Å²) in [6, 6.07) is -0.0345. The number of alkyl carbamates (subject to hydrolysis) is 1. The molecule has 132 valence electrons. The maximum absolute atomic E-state index is 14.2. The summed E-state index contributed by atoms with van der Waals surface area (Å²) in [7, 11) is 0. The first-order chi connectivity index (χ1) is 10.8. The Morgan fingerprint density at radius 3 is 2.48 bits per heavy atom. The van der Waals surface area contributed by atoms with E-state index >= 15 is 0 Å². The monoisotopic (exact) mass is 329 g/mol. The minimum atomic E-state index is -0.980. The highest BCUT2D eigenvalue weighted by Crippen LogP contribution is 2.24. The fourth-order valence-corrected chi connectivity index (χ4v) is 2.95. The van der Waals surface area contributed by atoms with Crippen LogP contribution in [0.1, 0.15) is 40.0 Å². The first kappa shape index (κ1) is 18.0. The van der Waals surface area contributed by atoms with Crippen molar-refractivity contribution in [2.45, 2.75) is 57.8 Å². The average Bonchev–Trinajstić information content (AvgIpc) is 2.36. The Labute approximate surface area is 137 Å². The second-order valence-corrected chi connectivity index (χ2v) is 7.28. The van der Waals surface area contributed by atoms with Crippen LogP contribution in [0.5, 0.6) is 0 Å². The predicted octanol–water partition coefficient (Wildman–Crippen LogP) is 1.55. The molecule has 7 heteroatoms. The number of hydrogen-bond acceptors (Lipinski definition) is 4. The Bertz CT molecular complexity index is 435. The largest absolute Gasteiger partial charge is 0.444 e. The molecule has 2 amide bonds. The van der Waals surface area contributed by atoms with Gasteiger partial charge in [-0.1, -0.05) is 0 Å². The molecule has 2 fully saturated rings. The van der Waals surface area contributed by atoms with Gasteiger partial charge in [-0.25, -0.2) is 9.18 Å². The minimum Gasteiger partial charge on any atom is -0.444 e. The summed E-state index contributed by atoms with van der Waals surface area (Å²) < 4.78 is 19.3. The van der Waals surface area contributed by atoms with Crippen molar-refractivity contribution in [2.24, 2.45) is 0 Å². The molecule has 0 spiro atoms. The van der Waals surface area contributed by atoms with Crippen molar-refractivity contribution in [3.8, 4) is 0 Å². The molecule has 2 rings (SSSR count). The van der Waals surface area contributed by atoms with Crippen molar-refractivity contribution in [1.82, 2.24) is 15.1 Å². The van der Waals surface area contributed by atoms with Gasteiger partial charge in [0.15, 0.2) is 0 Å². The number of carbonyl (C=O) groups excluding carboxylic acids is 2. The normalized spacial score (nSPS) is 25.7. The molecule has 0 aliphatic carbocycles. The van der Waals surface area contributed by atoms with Crippen LogP contribution in [0.4, 0.5) is 9.18 Å². The summed E-state index contributed by atoms with van der Waals surface area (Å²) in [6.07, 6.45) is 0.478. The molecule has 6 nitrogen and oxygen atoms in total. The molecule has 0 aromatic heterocycles. The number of ether oxygens (including phenoxy) is 1. The maximum atomic E-state index is 14.2. The molecular weight excluding hydrogens is 301 g/mol. The van der Waals surface area contributed by atoms with Crippen LogP contribution in [0.3, 0.4) is 0 Å². The van der Waals surface area contributed by atoms with Gasteiger partial charge in [0, 0.05) is 25.6 Å². The second kappa shape index (κ2) is 7.47. The van der Waals surface area contributed by atoms with Gasteiger partial charge in [0.1, 0.15) is 11.8 Å². The number of rotatable bonds is 4. The summed E-state index contributed by atoms with van der Waals surface area (Å²) >= 11 is 0. The van der Waals surface area contributed by atoms with Crippen molar-refractivity contribution in [3.05, 3.63) is 0 Å². The van der Waals surface area contributed by atoms with Crippen LogP contribution in [0.2, 0.25) is 0 Å². The molecule has 0 radical (unpaired) electrons. The number of hydrogen-bond donors (Lipinski definition) is 1. The van der Waals surface area contributed by atoms with E-state index in [1.807, 2.05) is 0 Å². The smallest absolute Gasteiger partial charge is 0.407 e. The fourth-order valence-electron chi connectivity index (χ4n) is 2.95. The number of halogens is 1. The molecule has 2 unspecified atom stereocenters. The van der Waals surface area contributed by atoms with E-state index in [0.29, 0.717) is 13.0 Å². The maximum Gasteiger partial charge on any atom is 0.407 e. The van der Waals surface area contributed by atoms with E-state index in [2.05, 4.69) is 10.2 Å². The SMILES string of the molecule is CC(C)(C)OC(=O)NCCC(=O)N1CCC(N2CCC2)C(F)C1. The predicted molar refractivity (Wildman–Crippen MR) is 84.9 cm³/mol. The van der Waals surface area contributed by atoms with E-state index < -0.39 is 17.9 Å². The summed E-state index contributed by atoms with van der Waals surface area (Å²) in [5, 5.41) is 2.56. The molecule has 2 aliphatic heterocycles. The molecule has 2 saturated heterocycles. The van der Waals surface area contributed by atoms with Gasteiger partial charge >= 0.3 is 6.09 Å². The molecule has 0 bridgehead atoms. The average molecular weight is 329 g/mol. The van der Waals surface area contributed by atoms with Crippen LogP contribution in [0, 0.1) is 0 Å². The summed E-state index contributed by atoms with van der Waals surface area (Å²) in [5.41, 5.74) is -0.561. The number of piperidine rings is 1. The Morgan fingerprint density at radius 1 is 1.26 bits per heavy atom.